The lowest BCUT2D eigenvalue weighted by molar-refractivity contribution is 0.771. The van der Waals surface area contributed by atoms with Gasteiger partial charge in [-0.05, 0) is 95.9 Å². The van der Waals surface area contributed by atoms with E-state index in [0.29, 0.717) is 0 Å². The molecule has 2 aromatic heterocycles. The summed E-state index contributed by atoms with van der Waals surface area (Å²) in [4.78, 5) is 6.13. The third-order valence-corrected chi connectivity index (χ3v) is 9.73. The first kappa shape index (κ1) is 27.5. The maximum Gasteiger partial charge on any atom is 0.114 e. The number of hydrogen-bond donors (Lipinski definition) is 0. The van der Waals surface area contributed by atoms with Gasteiger partial charge in [-0.15, -0.1) is 15.0 Å². The van der Waals surface area contributed by atoms with E-state index < -0.39 is 0 Å². The zero-order chi connectivity index (χ0) is 32.3. The molecule has 49 heavy (non-hydrogen) atoms. The third kappa shape index (κ3) is 4.42. The topological polar surface area (TPSA) is 43.6 Å². The lowest BCUT2D eigenvalue weighted by Gasteiger charge is -2.18. The van der Waals surface area contributed by atoms with Gasteiger partial charge < -0.3 is 0 Å². The van der Waals surface area contributed by atoms with Crippen molar-refractivity contribution in [3.8, 4) is 39.1 Å². The van der Waals surface area contributed by atoms with Crippen molar-refractivity contribution in [1.29, 1.82) is 0 Å². The number of aromatic nitrogens is 4. The Balaban J connectivity index is 1.16. The van der Waals surface area contributed by atoms with E-state index in [-0.39, 0.29) is 0 Å². The standard InChI is InChI=1S/C45H28N4/c1-2-11-30-26-31(20-19-29(30)10-1)44-37-15-5-7-17-39(37)45(40-18-8-6-16-38(40)44)32-21-23-41-42(27-32)48-49(47-41)43-24-22-34(33-12-9-25-46-28-33)35-13-3-4-14-36(35)43/h1-28H. The van der Waals surface area contributed by atoms with Crippen LogP contribution in [0.25, 0.3) is 93.2 Å². The van der Waals surface area contributed by atoms with Crippen LogP contribution in [0.2, 0.25) is 0 Å². The minimum absolute atomic E-state index is 0.852. The number of pyridine rings is 1. The van der Waals surface area contributed by atoms with Gasteiger partial charge in [-0.3, -0.25) is 4.98 Å². The molecule has 8 aromatic carbocycles. The predicted octanol–water partition coefficient (Wildman–Crippen LogP) is 11.4. The van der Waals surface area contributed by atoms with Crippen LogP contribution in [0, 0.1) is 0 Å². The Bertz CT molecular complexity index is 2830. The van der Waals surface area contributed by atoms with Gasteiger partial charge in [0.2, 0.25) is 0 Å². The lowest BCUT2D eigenvalue weighted by atomic mass is 9.85. The molecule has 0 radical (unpaired) electrons. The second-order valence-electron chi connectivity index (χ2n) is 12.5. The SMILES string of the molecule is c1cncc(-c2ccc(-n3nc4ccc(-c5c6ccccc6c(-c6ccc7ccccc7c6)c6ccccc56)cc4n3)c3ccccc23)c1. The first-order valence-electron chi connectivity index (χ1n) is 16.5. The summed E-state index contributed by atoms with van der Waals surface area (Å²) in [7, 11) is 0. The van der Waals surface area contributed by atoms with Crippen molar-refractivity contribution in [2.45, 2.75) is 0 Å². The van der Waals surface area contributed by atoms with Gasteiger partial charge in [0, 0.05) is 23.3 Å². The Labute approximate surface area is 282 Å². The molecule has 0 fully saturated rings. The number of hydrogen-bond acceptors (Lipinski definition) is 3. The summed E-state index contributed by atoms with van der Waals surface area (Å²) in [6.07, 6.45) is 3.71. The first-order chi connectivity index (χ1) is 24.3. The van der Waals surface area contributed by atoms with Crippen LogP contribution in [-0.2, 0) is 0 Å². The Morgan fingerprint density at radius 3 is 1.67 bits per heavy atom. The van der Waals surface area contributed by atoms with E-state index in [0.717, 1.165) is 44.2 Å². The summed E-state index contributed by atoms with van der Waals surface area (Å²) >= 11 is 0. The largest absolute Gasteiger partial charge is 0.264 e. The Hall–Kier alpha value is -6.65. The molecule has 0 saturated heterocycles. The quantitative estimate of drug-likeness (QED) is 0.183. The van der Waals surface area contributed by atoms with Crippen molar-refractivity contribution in [1.82, 2.24) is 20.0 Å². The van der Waals surface area contributed by atoms with Gasteiger partial charge in [-0.1, -0.05) is 127 Å². The minimum Gasteiger partial charge on any atom is -0.264 e. The zero-order valence-electron chi connectivity index (χ0n) is 26.5. The van der Waals surface area contributed by atoms with E-state index in [2.05, 4.69) is 157 Å². The number of rotatable bonds is 4. The molecule has 0 aliphatic carbocycles. The Kier molecular flexibility index (Phi) is 6.15. The van der Waals surface area contributed by atoms with Crippen molar-refractivity contribution in [2.24, 2.45) is 0 Å². The molecule has 10 rings (SSSR count). The van der Waals surface area contributed by atoms with Crippen LogP contribution in [0.4, 0.5) is 0 Å². The maximum atomic E-state index is 5.07. The average molecular weight is 625 g/mol. The average Bonchev–Trinajstić information content (AvgIpc) is 3.60. The molecule has 0 aliphatic heterocycles. The zero-order valence-corrected chi connectivity index (χ0v) is 26.5. The molecule has 2 heterocycles. The van der Waals surface area contributed by atoms with Crippen molar-refractivity contribution >= 4 is 54.1 Å². The molecule has 0 saturated carbocycles. The highest BCUT2D eigenvalue weighted by molar-refractivity contribution is 6.22. The fraction of sp³-hybridized carbons (Fsp3) is 0. The monoisotopic (exact) mass is 624 g/mol. The number of nitrogens with zero attached hydrogens (tertiary/aromatic N) is 4. The summed E-state index contributed by atoms with van der Waals surface area (Å²) in [5.74, 6) is 0. The molecule has 0 unspecified atom stereocenters. The number of fused-ring (bicyclic) bond motifs is 5. The van der Waals surface area contributed by atoms with Gasteiger partial charge in [0.05, 0.1) is 5.69 Å². The predicted molar refractivity (Wildman–Crippen MR) is 203 cm³/mol. The van der Waals surface area contributed by atoms with Crippen molar-refractivity contribution < 1.29 is 0 Å². The highest BCUT2D eigenvalue weighted by Crippen LogP contribution is 2.44. The third-order valence-electron chi connectivity index (χ3n) is 9.73. The summed E-state index contributed by atoms with van der Waals surface area (Å²) in [5, 5.41) is 19.6. The fourth-order valence-corrected chi connectivity index (χ4v) is 7.50. The molecule has 0 spiro atoms. The van der Waals surface area contributed by atoms with E-state index in [9.17, 15) is 0 Å². The van der Waals surface area contributed by atoms with Gasteiger partial charge in [0.25, 0.3) is 0 Å². The smallest absolute Gasteiger partial charge is 0.114 e. The van der Waals surface area contributed by atoms with Crippen molar-refractivity contribution in [3.05, 3.63) is 170 Å². The molecule has 4 heteroatoms. The first-order valence-corrected chi connectivity index (χ1v) is 16.5. The summed E-state index contributed by atoms with van der Waals surface area (Å²) < 4.78 is 0. The molecule has 228 valence electrons. The Morgan fingerprint density at radius 2 is 0.980 bits per heavy atom. The molecule has 4 nitrogen and oxygen atoms in total. The lowest BCUT2D eigenvalue weighted by Crippen LogP contribution is -2.00. The molecule has 0 amide bonds. The van der Waals surface area contributed by atoms with Crippen molar-refractivity contribution in [3.63, 3.8) is 0 Å². The molecule has 0 aliphatic rings. The van der Waals surface area contributed by atoms with E-state index in [1.54, 1.807) is 11.0 Å². The van der Waals surface area contributed by atoms with E-state index >= 15 is 0 Å². The normalized spacial score (nSPS) is 11.7. The van der Waals surface area contributed by atoms with Crippen LogP contribution in [0.15, 0.2) is 170 Å². The summed E-state index contributed by atoms with van der Waals surface area (Å²) in [6.45, 7) is 0. The van der Waals surface area contributed by atoms with Gasteiger partial charge in [0.15, 0.2) is 0 Å². The van der Waals surface area contributed by atoms with Gasteiger partial charge in [-0.25, -0.2) is 0 Å². The van der Waals surface area contributed by atoms with E-state index in [4.69, 9.17) is 10.2 Å². The van der Waals surface area contributed by atoms with E-state index in [1.807, 2.05) is 12.3 Å². The molecule has 10 aromatic rings. The second kappa shape index (κ2) is 11.0. The molecule has 0 bridgehead atoms. The van der Waals surface area contributed by atoms with Crippen LogP contribution < -0.4 is 0 Å². The van der Waals surface area contributed by atoms with Crippen LogP contribution >= 0.6 is 0 Å². The highest BCUT2D eigenvalue weighted by Gasteiger charge is 2.18. The van der Waals surface area contributed by atoms with E-state index in [1.165, 1.54) is 49.0 Å². The summed E-state index contributed by atoms with van der Waals surface area (Å²) in [5.41, 5.74) is 9.67. The van der Waals surface area contributed by atoms with Crippen LogP contribution in [-0.4, -0.2) is 20.0 Å². The maximum absolute atomic E-state index is 5.07. The van der Waals surface area contributed by atoms with Crippen LogP contribution in [0.3, 0.4) is 0 Å². The Morgan fingerprint density at radius 1 is 0.388 bits per heavy atom. The molecule has 0 N–H and O–H groups in total. The number of benzene rings is 8. The minimum atomic E-state index is 0.852. The van der Waals surface area contributed by atoms with Gasteiger partial charge in [-0.2, -0.15) is 0 Å². The molecular weight excluding hydrogens is 597 g/mol. The van der Waals surface area contributed by atoms with Gasteiger partial charge in [0.1, 0.15) is 11.0 Å². The van der Waals surface area contributed by atoms with Crippen LogP contribution in [0.5, 0.6) is 0 Å². The summed E-state index contributed by atoms with van der Waals surface area (Å²) in [6, 6.07) is 56.2. The van der Waals surface area contributed by atoms with Crippen LogP contribution in [0.1, 0.15) is 0 Å². The van der Waals surface area contributed by atoms with Gasteiger partial charge >= 0.3 is 0 Å². The fourth-order valence-electron chi connectivity index (χ4n) is 7.50. The second-order valence-corrected chi connectivity index (χ2v) is 12.5. The molecule has 0 atom stereocenters. The highest BCUT2D eigenvalue weighted by atomic mass is 15.5. The molecular formula is C45H28N4. The van der Waals surface area contributed by atoms with Crippen molar-refractivity contribution in [2.75, 3.05) is 0 Å².